The number of esters is 1. The first-order valence-electron chi connectivity index (χ1n) is 10.1. The molecule has 0 unspecified atom stereocenters. The van der Waals surface area contributed by atoms with E-state index < -0.39 is 11.8 Å². The van der Waals surface area contributed by atoms with Gasteiger partial charge >= 0.3 is 5.97 Å². The van der Waals surface area contributed by atoms with Crippen LogP contribution < -0.4 is 15.1 Å². The molecule has 0 aliphatic carbocycles. The Morgan fingerprint density at radius 2 is 2.09 bits per heavy atom. The van der Waals surface area contributed by atoms with E-state index in [9.17, 15) is 9.18 Å². The molecule has 168 valence electrons. The van der Waals surface area contributed by atoms with Gasteiger partial charge in [-0.25, -0.2) is 14.2 Å². The molecule has 2 aromatic carbocycles. The topological polar surface area (TPSA) is 99.0 Å². The van der Waals surface area contributed by atoms with E-state index in [2.05, 4.69) is 20.0 Å². The number of aromatic nitrogens is 2. The number of nitrogens with one attached hydrogen (secondary N) is 1. The summed E-state index contributed by atoms with van der Waals surface area (Å²) in [5.41, 5.74) is 2.87. The number of rotatable bonds is 5. The number of benzene rings is 2. The maximum Gasteiger partial charge on any atom is 0.373 e. The van der Waals surface area contributed by atoms with Crippen molar-refractivity contribution in [2.75, 3.05) is 31.0 Å². The van der Waals surface area contributed by atoms with Gasteiger partial charge in [-0.05, 0) is 30.3 Å². The number of carbonyl (C=O) groups is 1. The van der Waals surface area contributed by atoms with E-state index in [0.717, 1.165) is 18.2 Å². The minimum atomic E-state index is -0.578. The smallest absolute Gasteiger partial charge is 0.373 e. The number of ether oxygens (including phenoxy) is 1. The van der Waals surface area contributed by atoms with Crippen molar-refractivity contribution in [3.05, 3.63) is 65.8 Å². The van der Waals surface area contributed by atoms with Gasteiger partial charge in [0.15, 0.2) is 17.4 Å². The number of hydrogen-bond acceptors (Lipinski definition) is 9. The number of anilines is 4. The van der Waals surface area contributed by atoms with Crippen LogP contribution in [0.3, 0.4) is 0 Å². The van der Waals surface area contributed by atoms with Crippen molar-refractivity contribution in [1.29, 1.82) is 0 Å². The summed E-state index contributed by atoms with van der Waals surface area (Å²) in [5, 5.41) is 3.75. The fraction of sp³-hybridized carbons (Fsp3) is 0.174. The summed E-state index contributed by atoms with van der Waals surface area (Å²) in [6.07, 6.45) is 1.85. The number of fused-ring (bicyclic) bond motifs is 2. The summed E-state index contributed by atoms with van der Waals surface area (Å²) in [5.74, 6) is -0.155. The minimum Gasteiger partial charge on any atom is -0.463 e. The first kappa shape index (κ1) is 20.7. The van der Waals surface area contributed by atoms with Crippen LogP contribution in [-0.2, 0) is 16.0 Å². The fourth-order valence-corrected chi connectivity index (χ4v) is 3.52. The molecular formula is C23H19FN4O5. The number of hydrogen-bond donors (Lipinski definition) is 1. The predicted octanol–water partition coefficient (Wildman–Crippen LogP) is 4.53. The van der Waals surface area contributed by atoms with Crippen LogP contribution in [0.15, 0.2) is 53.1 Å². The van der Waals surface area contributed by atoms with Gasteiger partial charge in [0.2, 0.25) is 11.7 Å². The van der Waals surface area contributed by atoms with Gasteiger partial charge < -0.3 is 24.3 Å². The molecule has 1 N–H and O–H groups in total. The second-order valence-electron chi connectivity index (χ2n) is 7.35. The molecular weight excluding hydrogens is 431 g/mol. The Bertz CT molecular complexity index is 1360. The van der Waals surface area contributed by atoms with Gasteiger partial charge in [-0.2, -0.15) is 9.87 Å². The Kier molecular flexibility index (Phi) is 5.27. The second kappa shape index (κ2) is 8.40. The van der Waals surface area contributed by atoms with E-state index >= 15 is 0 Å². The number of halogens is 1. The molecule has 0 fully saturated rings. The molecule has 1 aliphatic rings. The SMILES string of the molecule is COC(=O)c1cc2cc(Nc3ncc(F)c(N(C)c4ccc5c(c4)OOCC5)n3)ccc2o1. The van der Waals surface area contributed by atoms with Crippen LogP contribution in [0.1, 0.15) is 16.1 Å². The standard InChI is InChI=1S/C23H19FN4O5/c1-28(16-5-3-13-7-8-31-33-19(13)11-16)21-17(24)12-25-23(27-21)26-15-4-6-18-14(9-15)10-20(32-18)22(29)30-2/h3-6,9-12H,7-8H2,1-2H3,(H,25,26,27). The summed E-state index contributed by atoms with van der Waals surface area (Å²) in [7, 11) is 2.99. The lowest BCUT2D eigenvalue weighted by Gasteiger charge is -2.22. The molecule has 0 saturated carbocycles. The molecule has 5 rings (SSSR count). The Morgan fingerprint density at radius 3 is 2.94 bits per heavy atom. The monoisotopic (exact) mass is 450 g/mol. The largest absolute Gasteiger partial charge is 0.463 e. The summed E-state index contributed by atoms with van der Waals surface area (Å²) < 4.78 is 24.8. The van der Waals surface area contributed by atoms with E-state index in [-0.39, 0.29) is 17.5 Å². The molecule has 0 amide bonds. The van der Waals surface area contributed by atoms with Gasteiger partial charge in [-0.3, -0.25) is 0 Å². The lowest BCUT2D eigenvalue weighted by Crippen LogP contribution is -2.16. The average Bonchev–Trinajstić information content (AvgIpc) is 3.27. The van der Waals surface area contributed by atoms with E-state index in [0.29, 0.717) is 34.7 Å². The Morgan fingerprint density at radius 1 is 1.21 bits per heavy atom. The maximum atomic E-state index is 14.6. The van der Waals surface area contributed by atoms with E-state index in [1.165, 1.54) is 7.11 Å². The van der Waals surface area contributed by atoms with Crippen molar-refractivity contribution in [3.63, 3.8) is 0 Å². The second-order valence-corrected chi connectivity index (χ2v) is 7.35. The van der Waals surface area contributed by atoms with Gasteiger partial charge in [-0.1, -0.05) is 6.07 Å². The van der Waals surface area contributed by atoms with Crippen molar-refractivity contribution in [2.24, 2.45) is 0 Å². The van der Waals surface area contributed by atoms with Crippen molar-refractivity contribution in [3.8, 4) is 5.75 Å². The highest BCUT2D eigenvalue weighted by molar-refractivity contribution is 5.93. The number of nitrogens with zero attached hydrogens (tertiary/aromatic N) is 3. The predicted molar refractivity (Wildman–Crippen MR) is 118 cm³/mol. The summed E-state index contributed by atoms with van der Waals surface area (Å²) in [6, 6.07) is 12.4. The third kappa shape index (κ3) is 4.03. The van der Waals surface area contributed by atoms with E-state index in [4.69, 9.17) is 14.2 Å². The normalized spacial score (nSPS) is 12.7. The van der Waals surface area contributed by atoms with Crippen LogP contribution >= 0.6 is 0 Å². The lowest BCUT2D eigenvalue weighted by molar-refractivity contribution is -0.215. The zero-order valence-electron chi connectivity index (χ0n) is 17.8. The molecule has 33 heavy (non-hydrogen) atoms. The molecule has 3 heterocycles. The van der Waals surface area contributed by atoms with Crippen LogP contribution in [0.4, 0.5) is 27.5 Å². The number of methoxy groups -OCH3 is 1. The van der Waals surface area contributed by atoms with Crippen LogP contribution in [-0.4, -0.2) is 36.7 Å². The quantitative estimate of drug-likeness (QED) is 0.347. The summed E-state index contributed by atoms with van der Waals surface area (Å²) in [6.45, 7) is 0.492. The molecule has 4 aromatic rings. The Balaban J connectivity index is 1.41. The third-order valence-electron chi connectivity index (χ3n) is 5.24. The maximum absolute atomic E-state index is 14.6. The summed E-state index contributed by atoms with van der Waals surface area (Å²) in [4.78, 5) is 31.9. The van der Waals surface area contributed by atoms with Gasteiger partial charge in [0, 0.05) is 41.9 Å². The minimum absolute atomic E-state index is 0.0848. The molecule has 9 nitrogen and oxygen atoms in total. The molecule has 1 aliphatic heterocycles. The highest BCUT2D eigenvalue weighted by Gasteiger charge is 2.18. The first-order valence-corrected chi connectivity index (χ1v) is 10.1. The molecule has 10 heteroatoms. The van der Waals surface area contributed by atoms with E-state index in [1.54, 1.807) is 42.3 Å². The van der Waals surface area contributed by atoms with Crippen molar-refractivity contribution in [2.45, 2.75) is 6.42 Å². The molecule has 0 bridgehead atoms. The number of furan rings is 1. The highest BCUT2D eigenvalue weighted by atomic mass is 19.1. The van der Waals surface area contributed by atoms with Gasteiger partial charge in [-0.15, -0.1) is 0 Å². The Labute approximate surface area is 187 Å². The molecule has 0 atom stereocenters. The van der Waals surface area contributed by atoms with Gasteiger partial charge in [0.1, 0.15) is 5.58 Å². The van der Waals surface area contributed by atoms with E-state index in [1.807, 2.05) is 12.1 Å². The van der Waals surface area contributed by atoms with Gasteiger partial charge in [0.25, 0.3) is 0 Å². The third-order valence-corrected chi connectivity index (χ3v) is 5.24. The van der Waals surface area contributed by atoms with Crippen molar-refractivity contribution >= 4 is 40.1 Å². The van der Waals surface area contributed by atoms with Crippen LogP contribution in [0.25, 0.3) is 11.0 Å². The lowest BCUT2D eigenvalue weighted by atomic mass is 10.1. The van der Waals surface area contributed by atoms with Crippen LogP contribution in [0.2, 0.25) is 0 Å². The van der Waals surface area contributed by atoms with Crippen LogP contribution in [0.5, 0.6) is 5.75 Å². The number of carbonyl (C=O) groups excluding carboxylic acids is 1. The average molecular weight is 450 g/mol. The van der Waals surface area contributed by atoms with Gasteiger partial charge in [0.05, 0.1) is 19.9 Å². The molecule has 0 radical (unpaired) electrons. The fourth-order valence-electron chi connectivity index (χ4n) is 3.52. The highest BCUT2D eigenvalue weighted by Crippen LogP contribution is 2.32. The Hall–Kier alpha value is -4.18. The summed E-state index contributed by atoms with van der Waals surface area (Å²) >= 11 is 0. The zero-order valence-corrected chi connectivity index (χ0v) is 17.8. The first-order chi connectivity index (χ1) is 16.0. The van der Waals surface area contributed by atoms with Crippen molar-refractivity contribution in [1.82, 2.24) is 9.97 Å². The molecule has 0 spiro atoms. The van der Waals surface area contributed by atoms with Crippen LogP contribution in [0, 0.1) is 5.82 Å². The molecule has 2 aromatic heterocycles. The molecule has 0 saturated heterocycles. The van der Waals surface area contributed by atoms with Crippen molar-refractivity contribution < 1.29 is 28.1 Å². The zero-order chi connectivity index (χ0) is 22.9.